The predicted molar refractivity (Wildman–Crippen MR) is 170 cm³/mol. The minimum absolute atomic E-state index is 0.0190. The lowest BCUT2D eigenvalue weighted by molar-refractivity contribution is -0.108. The van der Waals surface area contributed by atoms with Crippen molar-refractivity contribution in [3.8, 4) is 17.6 Å². The van der Waals surface area contributed by atoms with Crippen molar-refractivity contribution in [2.45, 2.75) is 0 Å². The predicted octanol–water partition coefficient (Wildman–Crippen LogP) is 8.38. The van der Waals surface area contributed by atoms with E-state index < -0.39 is 0 Å². The van der Waals surface area contributed by atoms with Gasteiger partial charge in [-0.1, -0.05) is 96.8 Å². The van der Waals surface area contributed by atoms with Gasteiger partial charge in [-0.3, -0.25) is 4.79 Å². The van der Waals surface area contributed by atoms with Gasteiger partial charge in [-0.25, -0.2) is 0 Å². The number of carbonyl (C=O) groups is 1. The molecule has 1 aromatic heterocycles. The van der Waals surface area contributed by atoms with Crippen LogP contribution in [-0.4, -0.2) is 15.9 Å². The minimum Gasteiger partial charge on any atom is -0.508 e. The number of aromatic hydroxyl groups is 1. The summed E-state index contributed by atoms with van der Waals surface area (Å²) in [5.41, 5.74) is 9.47. The summed E-state index contributed by atoms with van der Waals surface area (Å²) in [6, 6.07) is 43.0. The van der Waals surface area contributed by atoms with Gasteiger partial charge in [0, 0.05) is 50.5 Å². The Morgan fingerprint density at radius 2 is 1.00 bits per heavy atom. The van der Waals surface area contributed by atoms with Crippen molar-refractivity contribution < 1.29 is 9.90 Å². The second kappa shape index (κ2) is 10.6. The first-order valence-corrected chi connectivity index (χ1v) is 13.8. The minimum atomic E-state index is -0.0190. The molecule has 0 bridgehead atoms. The number of hydrogen-bond donors (Lipinski definition) is 2. The number of aromatic amines is 1. The number of carbonyl (C=O) groups excluding carboxylic acids is 1. The third-order valence-electron chi connectivity index (χ3n) is 7.56. The number of phenolic OH excluding ortho intramolecular Hbond substituents is 1. The van der Waals surface area contributed by atoms with Gasteiger partial charge in [-0.05, 0) is 70.8 Å². The molecule has 0 aliphatic heterocycles. The second-order valence-corrected chi connectivity index (χ2v) is 10.2. The van der Waals surface area contributed by atoms with E-state index >= 15 is 0 Å². The van der Waals surface area contributed by atoms with Crippen LogP contribution in [-0.2, 0) is 4.79 Å². The number of phenols is 1. The molecule has 2 N–H and O–H groups in total. The van der Waals surface area contributed by atoms with Crippen molar-refractivity contribution in [3.63, 3.8) is 0 Å². The second-order valence-electron chi connectivity index (χ2n) is 10.2. The van der Waals surface area contributed by atoms with Gasteiger partial charge in [0.15, 0.2) is 5.78 Å². The molecule has 0 saturated carbocycles. The van der Waals surface area contributed by atoms with E-state index in [0.29, 0.717) is 11.1 Å². The quantitative estimate of drug-likeness (QED) is 0.221. The summed E-state index contributed by atoms with van der Waals surface area (Å²) in [6.07, 6.45) is 1.93. The van der Waals surface area contributed by atoms with Crippen LogP contribution >= 0.6 is 0 Å². The zero-order valence-electron chi connectivity index (χ0n) is 22.6. The molecule has 0 saturated heterocycles. The van der Waals surface area contributed by atoms with Gasteiger partial charge in [0.25, 0.3) is 0 Å². The summed E-state index contributed by atoms with van der Waals surface area (Å²) in [5.74, 6) is 6.73. The number of hydrogen-bond acceptors (Lipinski definition) is 2. The molecule has 5 aromatic carbocycles. The molecule has 1 aliphatic rings. The largest absolute Gasteiger partial charge is 0.508 e. The lowest BCUT2D eigenvalue weighted by Gasteiger charge is -2.14. The van der Waals surface area contributed by atoms with E-state index in [1.165, 1.54) is 0 Å². The Morgan fingerprint density at radius 3 is 1.60 bits per heavy atom. The molecule has 7 rings (SSSR count). The average molecular weight is 540 g/mol. The topological polar surface area (TPSA) is 53.1 Å². The maximum atomic E-state index is 14.4. The first-order valence-electron chi connectivity index (χ1n) is 13.8. The van der Waals surface area contributed by atoms with E-state index in [0.717, 1.165) is 55.4 Å². The Labute approximate surface area is 244 Å². The molecule has 198 valence electrons. The lowest BCUT2D eigenvalue weighted by atomic mass is 9.89. The first-order chi connectivity index (χ1) is 20.7. The number of ketones is 1. The summed E-state index contributed by atoms with van der Waals surface area (Å²) < 4.78 is 0. The highest BCUT2D eigenvalue weighted by Crippen LogP contribution is 2.49. The molecule has 6 aromatic rings. The number of allylic oxidation sites excluding steroid dienone is 4. The number of benzene rings is 5. The van der Waals surface area contributed by atoms with Crippen LogP contribution in [0.3, 0.4) is 0 Å². The first kappa shape index (κ1) is 25.1. The standard InChI is InChI=1S/C39H25NO2/c41-33-20-18-31(19-21-33)36-35(37(28-7-3-1-4-8-28)39(42)38(36)29-9-5-2-6-10-29)30-16-13-26(14-17-30)11-12-27-15-22-34-32(25-27)23-24-40-34/h1-10,13-25,40-41H. The molecule has 0 spiro atoms. The maximum Gasteiger partial charge on any atom is 0.195 e. The molecule has 0 unspecified atom stereocenters. The van der Waals surface area contributed by atoms with Gasteiger partial charge in [-0.15, -0.1) is 0 Å². The summed E-state index contributed by atoms with van der Waals surface area (Å²) in [4.78, 5) is 17.6. The van der Waals surface area contributed by atoms with Crippen LogP contribution in [0.15, 0.2) is 140 Å². The number of aromatic nitrogens is 1. The molecular formula is C39H25NO2. The molecule has 0 atom stereocenters. The fraction of sp³-hybridized carbons (Fsp3) is 0. The molecule has 0 amide bonds. The maximum absolute atomic E-state index is 14.4. The van der Waals surface area contributed by atoms with Gasteiger partial charge in [0.05, 0.1) is 0 Å². The normalized spacial score (nSPS) is 13.0. The molecular weight excluding hydrogens is 514 g/mol. The summed E-state index contributed by atoms with van der Waals surface area (Å²) in [6.45, 7) is 0. The summed E-state index contributed by atoms with van der Waals surface area (Å²) in [7, 11) is 0. The number of H-pyrrole nitrogens is 1. The van der Waals surface area contributed by atoms with Crippen LogP contribution < -0.4 is 0 Å². The number of Topliss-reactive ketones (excluding diaryl/α,β-unsaturated/α-hetero) is 1. The Bertz CT molecular complexity index is 2070. The van der Waals surface area contributed by atoms with Gasteiger partial charge in [-0.2, -0.15) is 0 Å². The zero-order valence-corrected chi connectivity index (χ0v) is 22.6. The summed E-state index contributed by atoms with van der Waals surface area (Å²) >= 11 is 0. The highest BCUT2D eigenvalue weighted by molar-refractivity contribution is 6.59. The number of nitrogens with one attached hydrogen (secondary N) is 1. The fourth-order valence-corrected chi connectivity index (χ4v) is 5.56. The van der Waals surface area contributed by atoms with E-state index in [9.17, 15) is 9.90 Å². The average Bonchev–Trinajstić information content (AvgIpc) is 3.63. The van der Waals surface area contributed by atoms with Crippen molar-refractivity contribution >= 4 is 39.0 Å². The van der Waals surface area contributed by atoms with E-state index in [-0.39, 0.29) is 11.5 Å². The van der Waals surface area contributed by atoms with Crippen LogP contribution in [0, 0.1) is 11.8 Å². The SMILES string of the molecule is O=C1C(c2ccccc2)=C(c2ccc(O)cc2)C(c2ccc(C#Cc3ccc4[nH]ccc4c3)cc2)=C1c1ccccc1. The van der Waals surface area contributed by atoms with Crippen molar-refractivity contribution in [1.82, 2.24) is 4.98 Å². The molecule has 3 heteroatoms. The van der Waals surface area contributed by atoms with E-state index in [4.69, 9.17) is 0 Å². The van der Waals surface area contributed by atoms with Crippen molar-refractivity contribution in [1.29, 1.82) is 0 Å². The van der Waals surface area contributed by atoms with Gasteiger partial charge < -0.3 is 10.1 Å². The zero-order chi connectivity index (χ0) is 28.5. The van der Waals surface area contributed by atoms with Gasteiger partial charge in [0.1, 0.15) is 5.75 Å². The summed E-state index contributed by atoms with van der Waals surface area (Å²) in [5, 5.41) is 11.2. The smallest absolute Gasteiger partial charge is 0.195 e. The third-order valence-corrected chi connectivity index (χ3v) is 7.56. The molecule has 3 nitrogen and oxygen atoms in total. The molecule has 0 fully saturated rings. The van der Waals surface area contributed by atoms with Crippen molar-refractivity contribution in [3.05, 3.63) is 173 Å². The number of rotatable bonds is 4. The van der Waals surface area contributed by atoms with Crippen LogP contribution in [0.4, 0.5) is 0 Å². The molecule has 0 radical (unpaired) electrons. The van der Waals surface area contributed by atoms with E-state index in [2.05, 4.69) is 22.9 Å². The molecule has 42 heavy (non-hydrogen) atoms. The third kappa shape index (κ3) is 4.62. The van der Waals surface area contributed by atoms with Gasteiger partial charge in [0.2, 0.25) is 0 Å². The van der Waals surface area contributed by atoms with Crippen LogP contribution in [0.25, 0.3) is 33.2 Å². The molecule has 1 heterocycles. The van der Waals surface area contributed by atoms with Crippen LogP contribution in [0.5, 0.6) is 5.75 Å². The van der Waals surface area contributed by atoms with E-state index in [1.807, 2.05) is 121 Å². The van der Waals surface area contributed by atoms with Gasteiger partial charge >= 0.3 is 0 Å². The fourth-order valence-electron chi connectivity index (χ4n) is 5.56. The van der Waals surface area contributed by atoms with Crippen molar-refractivity contribution in [2.75, 3.05) is 0 Å². The highest BCUT2D eigenvalue weighted by Gasteiger charge is 2.35. The number of fused-ring (bicyclic) bond motifs is 1. The van der Waals surface area contributed by atoms with Crippen molar-refractivity contribution in [2.24, 2.45) is 0 Å². The Kier molecular flexibility index (Phi) is 6.35. The lowest BCUT2D eigenvalue weighted by Crippen LogP contribution is -2.01. The van der Waals surface area contributed by atoms with Crippen LogP contribution in [0.2, 0.25) is 0 Å². The highest BCUT2D eigenvalue weighted by atomic mass is 16.3. The van der Waals surface area contributed by atoms with Crippen LogP contribution in [0.1, 0.15) is 33.4 Å². The molecule has 1 aliphatic carbocycles. The Morgan fingerprint density at radius 1 is 0.500 bits per heavy atom. The Hall–Kier alpha value is -5.85. The monoisotopic (exact) mass is 539 g/mol. The Balaban J connectivity index is 1.38. The van der Waals surface area contributed by atoms with E-state index in [1.54, 1.807) is 12.1 Å².